The van der Waals surface area contributed by atoms with Crippen molar-refractivity contribution in [3.8, 4) is 0 Å². The Kier molecular flexibility index (Phi) is 4.11. The molecule has 0 fully saturated rings. The SMILES string of the molecule is C=CCC(C)Nc1ccc(N)c(C(C)=O)c1. The van der Waals surface area contributed by atoms with Gasteiger partial charge in [-0.25, -0.2) is 0 Å². The molecule has 0 aliphatic carbocycles. The molecule has 0 amide bonds. The number of carbonyl (C=O) groups excluding carboxylic acids is 1. The molecule has 3 heteroatoms. The van der Waals surface area contributed by atoms with Crippen molar-refractivity contribution in [2.75, 3.05) is 11.1 Å². The van der Waals surface area contributed by atoms with Crippen LogP contribution in [0, 0.1) is 0 Å². The third-order valence-electron chi connectivity index (χ3n) is 2.37. The van der Waals surface area contributed by atoms with Gasteiger partial charge in [-0.3, -0.25) is 4.79 Å². The molecule has 1 unspecified atom stereocenters. The Bertz CT molecular complexity index is 399. The number of hydrogen-bond acceptors (Lipinski definition) is 3. The molecule has 1 aromatic rings. The van der Waals surface area contributed by atoms with Gasteiger partial charge in [0, 0.05) is 23.0 Å². The third-order valence-corrected chi connectivity index (χ3v) is 2.37. The van der Waals surface area contributed by atoms with E-state index >= 15 is 0 Å². The Balaban J connectivity index is 2.86. The Morgan fingerprint density at radius 1 is 1.62 bits per heavy atom. The van der Waals surface area contributed by atoms with Gasteiger partial charge in [-0.2, -0.15) is 0 Å². The van der Waals surface area contributed by atoms with Crippen LogP contribution in [0.4, 0.5) is 11.4 Å². The van der Waals surface area contributed by atoms with E-state index in [0.717, 1.165) is 12.1 Å². The summed E-state index contributed by atoms with van der Waals surface area (Å²) in [4.78, 5) is 11.3. The maximum Gasteiger partial charge on any atom is 0.161 e. The number of nitrogens with one attached hydrogen (secondary N) is 1. The van der Waals surface area contributed by atoms with Crippen LogP contribution in [0.5, 0.6) is 0 Å². The average Bonchev–Trinajstić information content (AvgIpc) is 2.21. The Morgan fingerprint density at radius 3 is 2.88 bits per heavy atom. The molecule has 16 heavy (non-hydrogen) atoms. The van der Waals surface area contributed by atoms with Gasteiger partial charge in [0.15, 0.2) is 5.78 Å². The highest BCUT2D eigenvalue weighted by Gasteiger charge is 2.06. The molecule has 1 aromatic carbocycles. The van der Waals surface area contributed by atoms with Crippen molar-refractivity contribution in [2.45, 2.75) is 26.3 Å². The van der Waals surface area contributed by atoms with Crippen LogP contribution < -0.4 is 11.1 Å². The molecule has 1 atom stereocenters. The van der Waals surface area contributed by atoms with E-state index in [1.165, 1.54) is 6.92 Å². The van der Waals surface area contributed by atoms with Crippen LogP contribution in [0.25, 0.3) is 0 Å². The number of nitrogen functional groups attached to an aromatic ring is 1. The van der Waals surface area contributed by atoms with Gasteiger partial charge >= 0.3 is 0 Å². The number of rotatable bonds is 5. The maximum atomic E-state index is 11.3. The summed E-state index contributed by atoms with van der Waals surface area (Å²) < 4.78 is 0. The first-order valence-corrected chi connectivity index (χ1v) is 5.32. The van der Waals surface area contributed by atoms with Gasteiger partial charge in [0.2, 0.25) is 0 Å². The molecule has 0 saturated carbocycles. The molecular weight excluding hydrogens is 200 g/mol. The number of ketones is 1. The smallest absolute Gasteiger partial charge is 0.161 e. The first-order chi connectivity index (χ1) is 7.54. The fourth-order valence-electron chi connectivity index (χ4n) is 1.54. The van der Waals surface area contributed by atoms with Crippen molar-refractivity contribution >= 4 is 17.2 Å². The minimum absolute atomic E-state index is 0.0162. The first kappa shape index (κ1) is 12.3. The van der Waals surface area contributed by atoms with Crippen LogP contribution >= 0.6 is 0 Å². The number of benzene rings is 1. The van der Waals surface area contributed by atoms with Crippen LogP contribution in [0.1, 0.15) is 30.6 Å². The average molecular weight is 218 g/mol. The Labute approximate surface area is 96.3 Å². The van der Waals surface area contributed by atoms with Gasteiger partial charge in [0.05, 0.1) is 0 Å². The number of nitrogens with two attached hydrogens (primary N) is 1. The number of hydrogen-bond donors (Lipinski definition) is 2. The second-order valence-electron chi connectivity index (χ2n) is 3.93. The molecule has 3 nitrogen and oxygen atoms in total. The van der Waals surface area contributed by atoms with Crippen LogP contribution in [0.3, 0.4) is 0 Å². The van der Waals surface area contributed by atoms with E-state index < -0.39 is 0 Å². The summed E-state index contributed by atoms with van der Waals surface area (Å²) >= 11 is 0. The lowest BCUT2D eigenvalue weighted by Crippen LogP contribution is -2.14. The lowest BCUT2D eigenvalue weighted by molar-refractivity contribution is 0.101. The summed E-state index contributed by atoms with van der Waals surface area (Å²) in [6.45, 7) is 7.27. The van der Waals surface area contributed by atoms with Crippen molar-refractivity contribution in [1.29, 1.82) is 0 Å². The van der Waals surface area contributed by atoms with Crippen molar-refractivity contribution < 1.29 is 4.79 Å². The summed E-state index contributed by atoms with van der Waals surface area (Å²) in [5.74, 6) is -0.0162. The predicted octanol–water partition coefficient (Wildman–Crippen LogP) is 2.85. The second kappa shape index (κ2) is 5.35. The maximum absolute atomic E-state index is 11.3. The normalized spacial score (nSPS) is 11.9. The van der Waals surface area contributed by atoms with Gasteiger partial charge in [-0.1, -0.05) is 6.08 Å². The quantitative estimate of drug-likeness (QED) is 0.454. The second-order valence-corrected chi connectivity index (χ2v) is 3.93. The first-order valence-electron chi connectivity index (χ1n) is 5.32. The van der Waals surface area contributed by atoms with Crippen LogP contribution in [0.2, 0.25) is 0 Å². The summed E-state index contributed by atoms with van der Waals surface area (Å²) in [6.07, 6.45) is 2.74. The van der Waals surface area contributed by atoms with Crippen LogP contribution in [-0.4, -0.2) is 11.8 Å². The molecule has 0 saturated heterocycles. The molecule has 1 rings (SSSR count). The van der Waals surface area contributed by atoms with Gasteiger partial charge in [-0.05, 0) is 38.5 Å². The van der Waals surface area contributed by atoms with E-state index in [0.29, 0.717) is 17.3 Å². The van der Waals surface area contributed by atoms with Gasteiger partial charge in [0.1, 0.15) is 0 Å². The predicted molar refractivity (Wildman–Crippen MR) is 68.8 cm³/mol. The van der Waals surface area contributed by atoms with Crippen LogP contribution in [-0.2, 0) is 0 Å². The zero-order valence-corrected chi connectivity index (χ0v) is 9.79. The topological polar surface area (TPSA) is 55.1 Å². The minimum Gasteiger partial charge on any atom is -0.398 e. The van der Waals surface area contributed by atoms with Gasteiger partial charge < -0.3 is 11.1 Å². The molecule has 0 aromatic heterocycles. The van der Waals surface area contributed by atoms with Gasteiger partial charge in [-0.15, -0.1) is 6.58 Å². The van der Waals surface area contributed by atoms with Crippen molar-refractivity contribution in [3.63, 3.8) is 0 Å². The van der Waals surface area contributed by atoms with E-state index in [2.05, 4.69) is 18.8 Å². The summed E-state index contributed by atoms with van der Waals surface area (Å²) in [6, 6.07) is 5.71. The zero-order valence-electron chi connectivity index (χ0n) is 9.79. The van der Waals surface area contributed by atoms with E-state index in [4.69, 9.17) is 5.73 Å². The molecular formula is C13H18N2O. The van der Waals surface area contributed by atoms with Crippen molar-refractivity contribution in [3.05, 3.63) is 36.4 Å². The Hall–Kier alpha value is -1.77. The van der Waals surface area contributed by atoms with Gasteiger partial charge in [0.25, 0.3) is 0 Å². The number of carbonyl (C=O) groups is 1. The largest absolute Gasteiger partial charge is 0.398 e. The molecule has 86 valence electrons. The highest BCUT2D eigenvalue weighted by molar-refractivity contribution is 6.00. The fourth-order valence-corrected chi connectivity index (χ4v) is 1.54. The zero-order chi connectivity index (χ0) is 12.1. The molecule has 0 aliphatic rings. The monoisotopic (exact) mass is 218 g/mol. The molecule has 0 spiro atoms. The Morgan fingerprint density at radius 2 is 2.31 bits per heavy atom. The fraction of sp³-hybridized carbons (Fsp3) is 0.308. The van der Waals surface area contributed by atoms with Crippen molar-refractivity contribution in [2.24, 2.45) is 0 Å². The van der Waals surface area contributed by atoms with E-state index in [1.54, 1.807) is 12.1 Å². The summed E-state index contributed by atoms with van der Waals surface area (Å²) in [5, 5.41) is 3.29. The lowest BCUT2D eigenvalue weighted by Gasteiger charge is -2.14. The number of Topliss-reactive ketones (excluding diaryl/α,β-unsaturated/α-hetero) is 1. The van der Waals surface area contributed by atoms with E-state index in [1.807, 2.05) is 12.1 Å². The van der Waals surface area contributed by atoms with Crippen LogP contribution in [0.15, 0.2) is 30.9 Å². The summed E-state index contributed by atoms with van der Waals surface area (Å²) in [7, 11) is 0. The summed E-state index contributed by atoms with van der Waals surface area (Å²) in [5.41, 5.74) is 7.71. The third kappa shape index (κ3) is 3.12. The molecule has 0 bridgehead atoms. The highest BCUT2D eigenvalue weighted by Crippen LogP contribution is 2.19. The van der Waals surface area contributed by atoms with Crippen molar-refractivity contribution in [1.82, 2.24) is 0 Å². The number of anilines is 2. The molecule has 0 radical (unpaired) electrons. The lowest BCUT2D eigenvalue weighted by atomic mass is 10.1. The molecule has 0 aliphatic heterocycles. The molecule has 0 heterocycles. The molecule has 3 N–H and O–H groups in total. The minimum atomic E-state index is -0.0162. The van der Waals surface area contributed by atoms with E-state index in [-0.39, 0.29) is 5.78 Å². The van der Waals surface area contributed by atoms with E-state index in [9.17, 15) is 4.79 Å². The highest BCUT2D eigenvalue weighted by atomic mass is 16.1. The standard InChI is InChI=1S/C13H18N2O/c1-4-5-9(2)15-11-6-7-13(14)12(8-11)10(3)16/h4,6-9,15H,1,5,14H2,2-3H3.